The quantitative estimate of drug-likeness (QED) is 0.647. The summed E-state index contributed by atoms with van der Waals surface area (Å²) in [6, 6.07) is 11.6. The molecule has 0 unspecified atom stereocenters. The molecule has 1 aromatic heterocycles. The average Bonchev–Trinajstić information content (AvgIpc) is 3.11. The molecule has 0 aliphatic rings. The van der Waals surface area contributed by atoms with Gasteiger partial charge in [-0.1, -0.05) is 6.92 Å². The number of nitrogens with one attached hydrogen (secondary N) is 1. The molecule has 0 atom stereocenters. The molecule has 1 amide bonds. The van der Waals surface area contributed by atoms with Gasteiger partial charge in [0.05, 0.1) is 29.7 Å². The predicted molar refractivity (Wildman–Crippen MR) is 97.1 cm³/mol. The van der Waals surface area contributed by atoms with Crippen molar-refractivity contribution in [2.75, 3.05) is 13.2 Å². The zero-order valence-corrected chi connectivity index (χ0v) is 14.8. The van der Waals surface area contributed by atoms with E-state index in [0.29, 0.717) is 30.0 Å². The molecular weight excluding hydrogens is 352 g/mol. The van der Waals surface area contributed by atoms with Crippen LogP contribution in [0.2, 0.25) is 0 Å². The first kappa shape index (κ1) is 18.6. The van der Waals surface area contributed by atoms with Crippen LogP contribution >= 0.6 is 0 Å². The number of carbonyl (C=O) groups excluding carboxylic acids is 1. The summed E-state index contributed by atoms with van der Waals surface area (Å²) in [5, 5.41) is 7.04. The summed E-state index contributed by atoms with van der Waals surface area (Å²) in [5.74, 6) is -0.393. The van der Waals surface area contributed by atoms with Crippen LogP contribution in [0.25, 0.3) is 5.69 Å². The highest BCUT2D eigenvalue weighted by atomic mass is 19.1. The van der Waals surface area contributed by atoms with Crippen LogP contribution in [0, 0.1) is 11.6 Å². The van der Waals surface area contributed by atoms with E-state index in [1.54, 1.807) is 16.8 Å². The van der Waals surface area contributed by atoms with Crippen molar-refractivity contribution in [1.29, 1.82) is 0 Å². The maximum atomic E-state index is 13.1. The second-order valence-corrected chi connectivity index (χ2v) is 5.80. The minimum atomic E-state index is -0.332. The first-order valence-electron chi connectivity index (χ1n) is 8.58. The number of carbonyl (C=O) groups is 1. The highest BCUT2D eigenvalue weighted by Gasteiger charge is 2.17. The Morgan fingerprint density at radius 3 is 2.33 bits per heavy atom. The Bertz CT molecular complexity index is 906. The number of hydrogen-bond donors (Lipinski definition) is 1. The van der Waals surface area contributed by atoms with Gasteiger partial charge in [-0.2, -0.15) is 5.10 Å². The van der Waals surface area contributed by atoms with E-state index in [4.69, 9.17) is 4.74 Å². The summed E-state index contributed by atoms with van der Waals surface area (Å²) < 4.78 is 33.0. The molecule has 5 nitrogen and oxygen atoms in total. The van der Waals surface area contributed by atoms with Gasteiger partial charge in [0.2, 0.25) is 0 Å². The highest BCUT2D eigenvalue weighted by molar-refractivity contribution is 5.95. The average molecular weight is 371 g/mol. The van der Waals surface area contributed by atoms with Gasteiger partial charge in [0.15, 0.2) is 0 Å². The second kappa shape index (κ2) is 8.44. The van der Waals surface area contributed by atoms with E-state index in [0.717, 1.165) is 5.69 Å². The monoisotopic (exact) mass is 371 g/mol. The lowest BCUT2D eigenvalue weighted by Crippen LogP contribution is -2.28. The van der Waals surface area contributed by atoms with Crippen molar-refractivity contribution in [3.05, 3.63) is 77.6 Å². The lowest BCUT2D eigenvalue weighted by Gasteiger charge is -2.09. The number of rotatable bonds is 7. The van der Waals surface area contributed by atoms with Gasteiger partial charge in [-0.15, -0.1) is 0 Å². The molecule has 3 rings (SSSR count). The number of hydrogen-bond acceptors (Lipinski definition) is 3. The summed E-state index contributed by atoms with van der Waals surface area (Å²) >= 11 is 0. The molecule has 1 N–H and O–H groups in total. The Morgan fingerprint density at radius 1 is 1.07 bits per heavy atom. The van der Waals surface area contributed by atoms with Crippen LogP contribution in [0.4, 0.5) is 8.78 Å². The number of halogens is 2. The topological polar surface area (TPSA) is 56.1 Å². The number of nitrogens with zero attached hydrogens (tertiary/aromatic N) is 2. The van der Waals surface area contributed by atoms with E-state index in [2.05, 4.69) is 10.4 Å². The fourth-order valence-electron chi connectivity index (χ4n) is 2.67. The Labute approximate surface area is 155 Å². The fourth-order valence-corrected chi connectivity index (χ4v) is 2.67. The van der Waals surface area contributed by atoms with Crippen LogP contribution in [0.3, 0.4) is 0 Å². The zero-order chi connectivity index (χ0) is 19.2. The minimum absolute atomic E-state index is 0.255. The van der Waals surface area contributed by atoms with E-state index in [1.165, 1.54) is 42.6 Å². The molecule has 2 aromatic carbocycles. The largest absolute Gasteiger partial charge is 0.492 e. The molecule has 1 heterocycles. The van der Waals surface area contributed by atoms with Gasteiger partial charge >= 0.3 is 0 Å². The lowest BCUT2D eigenvalue weighted by atomic mass is 10.2. The summed E-state index contributed by atoms with van der Waals surface area (Å²) in [6.45, 7) is 2.47. The van der Waals surface area contributed by atoms with Crippen LogP contribution in [-0.2, 0) is 6.42 Å². The Balaban J connectivity index is 1.61. The molecule has 3 aromatic rings. The van der Waals surface area contributed by atoms with E-state index >= 15 is 0 Å². The van der Waals surface area contributed by atoms with Crippen molar-refractivity contribution < 1.29 is 18.3 Å². The summed E-state index contributed by atoms with van der Waals surface area (Å²) in [4.78, 5) is 12.4. The first-order chi connectivity index (χ1) is 13.1. The van der Waals surface area contributed by atoms with Crippen molar-refractivity contribution in [3.8, 4) is 11.4 Å². The van der Waals surface area contributed by atoms with E-state index in [1.807, 2.05) is 6.92 Å². The molecule has 27 heavy (non-hydrogen) atoms. The normalized spacial score (nSPS) is 10.6. The van der Waals surface area contributed by atoms with Crippen molar-refractivity contribution in [3.63, 3.8) is 0 Å². The summed E-state index contributed by atoms with van der Waals surface area (Å²) in [5.41, 5.74) is 1.88. The first-order valence-corrected chi connectivity index (χ1v) is 8.58. The molecule has 0 aliphatic carbocycles. The Hall–Kier alpha value is -3.22. The maximum Gasteiger partial charge on any atom is 0.254 e. The molecule has 0 fully saturated rings. The second-order valence-electron chi connectivity index (χ2n) is 5.80. The zero-order valence-electron chi connectivity index (χ0n) is 14.8. The van der Waals surface area contributed by atoms with Gasteiger partial charge < -0.3 is 10.1 Å². The third-order valence-electron chi connectivity index (χ3n) is 3.99. The van der Waals surface area contributed by atoms with Gasteiger partial charge in [-0.3, -0.25) is 4.79 Å². The molecule has 0 saturated heterocycles. The van der Waals surface area contributed by atoms with Gasteiger partial charge in [0.1, 0.15) is 24.0 Å². The standard InChI is InChI=1S/C20H19F2N3O2/c1-2-19-18(13-24-25(19)16-7-3-14(21)4-8-16)20(26)23-11-12-27-17-9-5-15(22)6-10-17/h3-10,13H,2,11-12H2,1H3,(H,23,26). The Morgan fingerprint density at radius 2 is 1.70 bits per heavy atom. The number of benzene rings is 2. The molecule has 0 saturated carbocycles. The molecule has 0 aliphatic heterocycles. The van der Waals surface area contributed by atoms with Crippen molar-refractivity contribution in [2.45, 2.75) is 13.3 Å². The summed E-state index contributed by atoms with van der Waals surface area (Å²) in [7, 11) is 0. The van der Waals surface area contributed by atoms with Crippen molar-refractivity contribution >= 4 is 5.91 Å². The third-order valence-corrected chi connectivity index (χ3v) is 3.99. The van der Waals surface area contributed by atoms with E-state index in [9.17, 15) is 13.6 Å². The van der Waals surface area contributed by atoms with Gasteiger partial charge in [0, 0.05) is 0 Å². The lowest BCUT2D eigenvalue weighted by molar-refractivity contribution is 0.0946. The van der Waals surface area contributed by atoms with Crippen LogP contribution in [0.1, 0.15) is 23.0 Å². The van der Waals surface area contributed by atoms with E-state index < -0.39 is 0 Å². The number of aromatic nitrogens is 2. The molecule has 0 bridgehead atoms. The maximum absolute atomic E-state index is 13.1. The molecule has 0 radical (unpaired) electrons. The number of ether oxygens (including phenoxy) is 1. The van der Waals surface area contributed by atoms with Gasteiger partial charge in [0.25, 0.3) is 5.91 Å². The molecule has 140 valence electrons. The number of amides is 1. The van der Waals surface area contributed by atoms with Crippen LogP contribution < -0.4 is 10.1 Å². The van der Waals surface area contributed by atoms with Crippen molar-refractivity contribution in [1.82, 2.24) is 15.1 Å². The highest BCUT2D eigenvalue weighted by Crippen LogP contribution is 2.16. The Kier molecular flexibility index (Phi) is 5.80. The van der Waals surface area contributed by atoms with Gasteiger partial charge in [-0.05, 0) is 55.0 Å². The third kappa shape index (κ3) is 4.49. The van der Waals surface area contributed by atoms with Crippen LogP contribution in [-0.4, -0.2) is 28.8 Å². The fraction of sp³-hybridized carbons (Fsp3) is 0.200. The minimum Gasteiger partial charge on any atom is -0.492 e. The van der Waals surface area contributed by atoms with Crippen LogP contribution in [0.5, 0.6) is 5.75 Å². The molecule has 7 heteroatoms. The molecule has 0 spiro atoms. The van der Waals surface area contributed by atoms with Crippen molar-refractivity contribution in [2.24, 2.45) is 0 Å². The SMILES string of the molecule is CCc1c(C(=O)NCCOc2ccc(F)cc2)cnn1-c1ccc(F)cc1. The van der Waals surface area contributed by atoms with E-state index in [-0.39, 0.29) is 24.1 Å². The smallest absolute Gasteiger partial charge is 0.254 e. The summed E-state index contributed by atoms with van der Waals surface area (Å²) in [6.07, 6.45) is 2.09. The molecular formula is C20H19F2N3O2. The van der Waals surface area contributed by atoms with Crippen LogP contribution in [0.15, 0.2) is 54.7 Å². The van der Waals surface area contributed by atoms with Gasteiger partial charge in [-0.25, -0.2) is 13.5 Å². The predicted octanol–water partition coefficient (Wildman–Crippen LogP) is 3.52.